The second-order valence-electron chi connectivity index (χ2n) is 8.16. The predicted octanol–water partition coefficient (Wildman–Crippen LogP) is 5.09. The number of hydrogen-bond donors (Lipinski definition) is 1. The smallest absolute Gasteiger partial charge is 0.253 e. The minimum Gasteiger partial charge on any atom is -0.339 e. The Labute approximate surface area is 171 Å². The van der Waals surface area contributed by atoms with Crippen molar-refractivity contribution < 1.29 is 4.79 Å². The molecule has 3 aromatic rings. The van der Waals surface area contributed by atoms with Gasteiger partial charge in [-0.25, -0.2) is 4.68 Å². The van der Waals surface area contributed by atoms with E-state index in [-0.39, 0.29) is 11.9 Å². The summed E-state index contributed by atoms with van der Waals surface area (Å²) < 4.78 is 1.84. The lowest BCUT2D eigenvalue weighted by molar-refractivity contribution is 0.0747. The standard InChI is InChI=1S/C24H28N4O/c1-17(15-22(25)18-7-3-4-8-18)27(2)24(29)19-11-13-21(14-12-19)28-16-20-9-5-6-10-23(20)26-28/h5-6,9-14,16-18,25H,3-4,7-8,15H2,1-2H3/t17-/m1/s1. The van der Waals surface area contributed by atoms with Crippen molar-refractivity contribution in [3.63, 3.8) is 0 Å². The van der Waals surface area contributed by atoms with E-state index >= 15 is 0 Å². The van der Waals surface area contributed by atoms with Crippen LogP contribution in [0.3, 0.4) is 0 Å². The van der Waals surface area contributed by atoms with Crippen molar-refractivity contribution in [3.05, 3.63) is 60.3 Å². The number of carbonyl (C=O) groups is 1. The lowest BCUT2D eigenvalue weighted by Gasteiger charge is -2.26. The fourth-order valence-electron chi connectivity index (χ4n) is 4.15. The SMILES string of the molecule is C[C@H](CC(=N)C1CCCC1)N(C)C(=O)c1ccc(-n2cc3ccccc3n2)cc1. The normalized spacial score (nSPS) is 15.5. The zero-order chi connectivity index (χ0) is 20.4. The third kappa shape index (κ3) is 4.09. The van der Waals surface area contributed by atoms with E-state index in [1.54, 1.807) is 4.90 Å². The number of fused-ring (bicyclic) bond motifs is 1. The second kappa shape index (κ2) is 8.19. The summed E-state index contributed by atoms with van der Waals surface area (Å²) in [6.45, 7) is 2.03. The highest BCUT2D eigenvalue weighted by Crippen LogP contribution is 2.27. The van der Waals surface area contributed by atoms with Gasteiger partial charge in [-0.15, -0.1) is 0 Å². The van der Waals surface area contributed by atoms with Gasteiger partial charge in [0, 0.05) is 42.4 Å². The minimum atomic E-state index is -0.00565. The Balaban J connectivity index is 1.43. The molecule has 1 N–H and O–H groups in total. The van der Waals surface area contributed by atoms with Crippen molar-refractivity contribution >= 4 is 22.5 Å². The van der Waals surface area contributed by atoms with E-state index < -0.39 is 0 Å². The maximum atomic E-state index is 12.9. The van der Waals surface area contributed by atoms with Gasteiger partial charge in [0.1, 0.15) is 0 Å². The van der Waals surface area contributed by atoms with Crippen molar-refractivity contribution in [1.82, 2.24) is 14.7 Å². The summed E-state index contributed by atoms with van der Waals surface area (Å²) in [4.78, 5) is 14.7. The van der Waals surface area contributed by atoms with Crippen LogP contribution in [0.1, 0.15) is 49.4 Å². The lowest BCUT2D eigenvalue weighted by atomic mass is 9.96. The zero-order valence-corrected chi connectivity index (χ0v) is 17.1. The summed E-state index contributed by atoms with van der Waals surface area (Å²) in [7, 11) is 1.84. The summed E-state index contributed by atoms with van der Waals surface area (Å²) in [5, 5.41) is 14.1. The molecule has 1 aliphatic carbocycles. The molecular formula is C24H28N4O. The first-order chi connectivity index (χ1) is 14.0. The molecule has 5 nitrogen and oxygen atoms in total. The number of hydrogen-bond acceptors (Lipinski definition) is 3. The van der Waals surface area contributed by atoms with Gasteiger partial charge in [-0.1, -0.05) is 31.0 Å². The summed E-state index contributed by atoms with van der Waals surface area (Å²) in [5.41, 5.74) is 3.34. The Hall–Kier alpha value is -2.95. The molecule has 0 spiro atoms. The fraction of sp³-hybridized carbons (Fsp3) is 0.375. The van der Waals surface area contributed by atoms with Gasteiger partial charge in [0.05, 0.1) is 11.2 Å². The number of carbonyl (C=O) groups excluding carboxylic acids is 1. The molecule has 1 saturated carbocycles. The Morgan fingerprint density at radius 3 is 2.55 bits per heavy atom. The molecule has 0 bridgehead atoms. The Morgan fingerprint density at radius 2 is 1.86 bits per heavy atom. The van der Waals surface area contributed by atoms with Crippen molar-refractivity contribution in [2.75, 3.05) is 7.05 Å². The molecule has 1 aliphatic rings. The van der Waals surface area contributed by atoms with Gasteiger partial charge in [-0.05, 0) is 56.0 Å². The number of nitrogens with zero attached hydrogens (tertiary/aromatic N) is 3. The molecule has 0 radical (unpaired) electrons. The molecule has 1 atom stereocenters. The first-order valence-electron chi connectivity index (χ1n) is 10.4. The number of nitrogens with one attached hydrogen (secondary N) is 1. The van der Waals surface area contributed by atoms with Gasteiger partial charge in [0.25, 0.3) is 5.91 Å². The van der Waals surface area contributed by atoms with Gasteiger partial charge in [0.2, 0.25) is 0 Å². The summed E-state index contributed by atoms with van der Waals surface area (Å²) in [6, 6.07) is 15.6. The van der Waals surface area contributed by atoms with Crippen LogP contribution in [0.25, 0.3) is 16.6 Å². The molecule has 29 heavy (non-hydrogen) atoms. The number of benzene rings is 2. The van der Waals surface area contributed by atoms with Crippen LogP contribution < -0.4 is 0 Å². The van der Waals surface area contributed by atoms with Crippen molar-refractivity contribution in [3.8, 4) is 5.69 Å². The molecule has 1 aromatic heterocycles. The molecule has 1 fully saturated rings. The van der Waals surface area contributed by atoms with Crippen molar-refractivity contribution in [1.29, 1.82) is 5.41 Å². The van der Waals surface area contributed by atoms with E-state index in [0.717, 1.165) is 35.1 Å². The van der Waals surface area contributed by atoms with E-state index in [4.69, 9.17) is 5.41 Å². The molecule has 4 rings (SSSR count). The predicted molar refractivity (Wildman–Crippen MR) is 117 cm³/mol. The second-order valence-corrected chi connectivity index (χ2v) is 8.16. The Kier molecular flexibility index (Phi) is 5.47. The van der Waals surface area contributed by atoms with E-state index in [1.165, 1.54) is 12.8 Å². The molecule has 0 unspecified atom stereocenters. The van der Waals surface area contributed by atoms with Crippen LogP contribution in [-0.2, 0) is 0 Å². The molecule has 0 aliphatic heterocycles. The maximum absolute atomic E-state index is 12.9. The first-order valence-corrected chi connectivity index (χ1v) is 10.4. The Morgan fingerprint density at radius 1 is 1.17 bits per heavy atom. The zero-order valence-electron chi connectivity index (χ0n) is 17.1. The molecule has 0 saturated heterocycles. The van der Waals surface area contributed by atoms with Gasteiger partial charge >= 0.3 is 0 Å². The third-order valence-corrected chi connectivity index (χ3v) is 6.14. The van der Waals surface area contributed by atoms with E-state index in [0.29, 0.717) is 17.9 Å². The number of rotatable bonds is 6. The van der Waals surface area contributed by atoms with Gasteiger partial charge in [-0.2, -0.15) is 5.10 Å². The lowest BCUT2D eigenvalue weighted by Crippen LogP contribution is -2.37. The monoisotopic (exact) mass is 388 g/mol. The highest BCUT2D eigenvalue weighted by Gasteiger charge is 2.24. The molecule has 150 valence electrons. The summed E-state index contributed by atoms with van der Waals surface area (Å²) in [5.74, 6) is 0.415. The van der Waals surface area contributed by atoms with Crippen LogP contribution in [-0.4, -0.2) is 39.4 Å². The molecule has 5 heteroatoms. The van der Waals surface area contributed by atoms with Crippen LogP contribution in [0.5, 0.6) is 0 Å². The van der Waals surface area contributed by atoms with Crippen LogP contribution in [0.15, 0.2) is 54.7 Å². The van der Waals surface area contributed by atoms with E-state index in [9.17, 15) is 4.79 Å². The topological polar surface area (TPSA) is 62.0 Å². The van der Waals surface area contributed by atoms with Crippen LogP contribution >= 0.6 is 0 Å². The van der Waals surface area contributed by atoms with Crippen LogP contribution in [0.4, 0.5) is 0 Å². The van der Waals surface area contributed by atoms with E-state index in [1.807, 2.05) is 73.4 Å². The Bertz CT molecular complexity index is 982. The largest absolute Gasteiger partial charge is 0.339 e. The van der Waals surface area contributed by atoms with Gasteiger partial charge < -0.3 is 10.3 Å². The van der Waals surface area contributed by atoms with Crippen molar-refractivity contribution in [2.45, 2.75) is 45.1 Å². The first kappa shape index (κ1) is 19.4. The molecule has 2 aromatic carbocycles. The summed E-state index contributed by atoms with van der Waals surface area (Å²) >= 11 is 0. The third-order valence-electron chi connectivity index (χ3n) is 6.14. The molecular weight excluding hydrogens is 360 g/mol. The maximum Gasteiger partial charge on any atom is 0.253 e. The average molecular weight is 389 g/mol. The van der Waals surface area contributed by atoms with Crippen LogP contribution in [0, 0.1) is 11.3 Å². The quantitative estimate of drug-likeness (QED) is 0.598. The van der Waals surface area contributed by atoms with Gasteiger partial charge in [0.15, 0.2) is 0 Å². The highest BCUT2D eigenvalue weighted by atomic mass is 16.2. The van der Waals surface area contributed by atoms with Gasteiger partial charge in [-0.3, -0.25) is 4.79 Å². The van der Waals surface area contributed by atoms with E-state index in [2.05, 4.69) is 5.10 Å². The van der Waals surface area contributed by atoms with Crippen molar-refractivity contribution in [2.24, 2.45) is 5.92 Å². The summed E-state index contributed by atoms with van der Waals surface area (Å²) in [6.07, 6.45) is 7.38. The molecule has 1 amide bonds. The average Bonchev–Trinajstić information content (AvgIpc) is 3.42. The van der Waals surface area contributed by atoms with Crippen LogP contribution in [0.2, 0.25) is 0 Å². The molecule has 1 heterocycles. The number of aromatic nitrogens is 2. The minimum absolute atomic E-state index is 0.00565. The fourth-order valence-corrected chi connectivity index (χ4v) is 4.15. The number of amides is 1. The highest BCUT2D eigenvalue weighted by molar-refractivity contribution is 5.95.